The predicted octanol–water partition coefficient (Wildman–Crippen LogP) is 4.11. The van der Waals surface area contributed by atoms with Crippen LogP contribution in [0.4, 0.5) is 0 Å². The summed E-state index contributed by atoms with van der Waals surface area (Å²) in [5.41, 5.74) is 2.61. The molecule has 0 saturated carbocycles. The third kappa shape index (κ3) is 5.20. The number of nitrogens with zero attached hydrogens (tertiary/aromatic N) is 1. The Kier molecular flexibility index (Phi) is 8.24. The predicted molar refractivity (Wildman–Crippen MR) is 132 cm³/mol. The summed E-state index contributed by atoms with van der Waals surface area (Å²) >= 11 is 1.74. The molecule has 6 nitrogen and oxygen atoms in total. The number of guanidine groups is 1. The van der Waals surface area contributed by atoms with Crippen molar-refractivity contribution in [2.45, 2.75) is 31.1 Å². The van der Waals surface area contributed by atoms with Crippen molar-refractivity contribution in [1.29, 1.82) is 0 Å². The van der Waals surface area contributed by atoms with Crippen LogP contribution in [0, 0.1) is 0 Å². The fourth-order valence-corrected chi connectivity index (χ4v) is 4.73. The zero-order chi connectivity index (χ0) is 20.1. The fraction of sp³-hybridized carbons (Fsp3) is 0.500. The summed E-state index contributed by atoms with van der Waals surface area (Å²) in [7, 11) is 1.82. The van der Waals surface area contributed by atoms with Gasteiger partial charge < -0.3 is 24.8 Å². The molecule has 1 atom stereocenters. The van der Waals surface area contributed by atoms with Crippen molar-refractivity contribution in [2.75, 3.05) is 40.1 Å². The topological polar surface area (TPSA) is 64.1 Å². The lowest BCUT2D eigenvalue weighted by Gasteiger charge is -2.38. The number of hydrogen-bond acceptors (Lipinski definition) is 5. The number of ether oxygens (including phenoxy) is 3. The SMILES string of the molecule is CN=C(NCC(C)c1ccsc1)NCC1(c2ccc3c(c2)OCO3)CCOCC1.I. The summed E-state index contributed by atoms with van der Waals surface area (Å²) < 4.78 is 16.8. The molecule has 2 aliphatic rings. The molecule has 0 bridgehead atoms. The summed E-state index contributed by atoms with van der Waals surface area (Å²) in [6, 6.07) is 8.49. The van der Waals surface area contributed by atoms with Crippen LogP contribution in [0.5, 0.6) is 11.5 Å². The standard InChI is InChI=1S/C22H29N3O3S.HI/c1-16(17-5-10-29-13-17)12-24-21(23-2)25-14-22(6-8-26-9-7-22)18-3-4-19-20(11-18)28-15-27-19;/h3-5,10-11,13,16H,6-9,12,14-15H2,1-2H3,(H2,23,24,25);1H. The van der Waals surface area contributed by atoms with Gasteiger partial charge in [-0.15, -0.1) is 24.0 Å². The van der Waals surface area contributed by atoms with Gasteiger partial charge in [0.1, 0.15) is 0 Å². The first-order valence-corrected chi connectivity index (χ1v) is 11.1. The van der Waals surface area contributed by atoms with E-state index in [0.29, 0.717) is 12.7 Å². The monoisotopic (exact) mass is 543 g/mol. The summed E-state index contributed by atoms with van der Waals surface area (Å²) in [6.07, 6.45) is 1.92. The lowest BCUT2D eigenvalue weighted by atomic mass is 9.74. The molecule has 1 aromatic carbocycles. The Bertz CT molecular complexity index is 838. The van der Waals surface area contributed by atoms with E-state index in [1.165, 1.54) is 11.1 Å². The van der Waals surface area contributed by atoms with Crippen LogP contribution in [-0.2, 0) is 10.2 Å². The minimum absolute atomic E-state index is 0. The summed E-state index contributed by atoms with van der Waals surface area (Å²) in [5.74, 6) is 2.92. The van der Waals surface area contributed by atoms with Gasteiger partial charge in [0.15, 0.2) is 17.5 Å². The highest BCUT2D eigenvalue weighted by Crippen LogP contribution is 2.40. The lowest BCUT2D eigenvalue weighted by molar-refractivity contribution is 0.0513. The average molecular weight is 543 g/mol. The van der Waals surface area contributed by atoms with Crippen molar-refractivity contribution in [1.82, 2.24) is 10.6 Å². The number of thiophene rings is 1. The Hall–Kier alpha value is -1.52. The van der Waals surface area contributed by atoms with E-state index in [2.05, 4.69) is 51.5 Å². The molecule has 2 N–H and O–H groups in total. The number of hydrogen-bond donors (Lipinski definition) is 2. The third-order valence-corrected chi connectivity index (χ3v) is 6.64. The molecular formula is C22H30IN3O3S. The molecule has 1 aromatic heterocycles. The van der Waals surface area contributed by atoms with Gasteiger partial charge in [0.2, 0.25) is 6.79 Å². The van der Waals surface area contributed by atoms with Gasteiger partial charge in [0.25, 0.3) is 0 Å². The molecule has 1 saturated heterocycles. The molecule has 0 aliphatic carbocycles. The van der Waals surface area contributed by atoms with Gasteiger partial charge in [-0.3, -0.25) is 4.99 Å². The molecule has 30 heavy (non-hydrogen) atoms. The van der Waals surface area contributed by atoms with Crippen LogP contribution in [0.1, 0.15) is 36.8 Å². The highest BCUT2D eigenvalue weighted by atomic mass is 127. The zero-order valence-corrected chi connectivity index (χ0v) is 20.6. The first-order valence-electron chi connectivity index (χ1n) is 10.1. The maximum atomic E-state index is 5.66. The van der Waals surface area contributed by atoms with Crippen LogP contribution in [0.3, 0.4) is 0 Å². The van der Waals surface area contributed by atoms with Crippen LogP contribution in [-0.4, -0.2) is 46.1 Å². The van der Waals surface area contributed by atoms with Crippen LogP contribution in [0.25, 0.3) is 0 Å². The second-order valence-electron chi connectivity index (χ2n) is 7.73. The Morgan fingerprint density at radius 3 is 2.70 bits per heavy atom. The first-order chi connectivity index (χ1) is 14.2. The van der Waals surface area contributed by atoms with E-state index in [4.69, 9.17) is 14.2 Å². The van der Waals surface area contributed by atoms with E-state index in [9.17, 15) is 0 Å². The van der Waals surface area contributed by atoms with E-state index in [1.54, 1.807) is 11.3 Å². The molecule has 2 aliphatic heterocycles. The highest BCUT2D eigenvalue weighted by molar-refractivity contribution is 14.0. The van der Waals surface area contributed by atoms with Crippen LogP contribution in [0.2, 0.25) is 0 Å². The molecule has 3 heterocycles. The summed E-state index contributed by atoms with van der Waals surface area (Å²) in [5, 5.41) is 11.4. The number of rotatable bonds is 6. The summed E-state index contributed by atoms with van der Waals surface area (Å²) in [4.78, 5) is 4.43. The lowest BCUT2D eigenvalue weighted by Crippen LogP contribution is -2.48. The molecule has 0 amide bonds. The van der Waals surface area contributed by atoms with Crippen molar-refractivity contribution < 1.29 is 14.2 Å². The Balaban J connectivity index is 0.00000256. The van der Waals surface area contributed by atoms with E-state index in [0.717, 1.165) is 56.6 Å². The molecule has 1 unspecified atom stereocenters. The Morgan fingerprint density at radius 2 is 1.97 bits per heavy atom. The highest BCUT2D eigenvalue weighted by Gasteiger charge is 2.35. The molecule has 8 heteroatoms. The number of aliphatic imine (C=N–C) groups is 1. The Labute approximate surface area is 199 Å². The summed E-state index contributed by atoms with van der Waals surface area (Å²) in [6.45, 7) is 5.69. The van der Waals surface area contributed by atoms with E-state index in [-0.39, 0.29) is 29.4 Å². The van der Waals surface area contributed by atoms with Crippen LogP contribution < -0.4 is 20.1 Å². The second kappa shape index (κ2) is 10.7. The molecule has 2 aromatic rings. The van der Waals surface area contributed by atoms with E-state index >= 15 is 0 Å². The molecule has 164 valence electrons. The van der Waals surface area contributed by atoms with Gasteiger partial charge in [0, 0.05) is 38.8 Å². The zero-order valence-electron chi connectivity index (χ0n) is 17.5. The van der Waals surface area contributed by atoms with Crippen molar-refractivity contribution in [3.05, 3.63) is 46.2 Å². The molecule has 0 spiro atoms. The quantitative estimate of drug-likeness (QED) is 0.326. The first kappa shape index (κ1) is 23.1. The van der Waals surface area contributed by atoms with E-state index in [1.807, 2.05) is 13.1 Å². The number of halogens is 1. The average Bonchev–Trinajstić information content (AvgIpc) is 3.46. The fourth-order valence-electron chi connectivity index (χ4n) is 3.95. The maximum Gasteiger partial charge on any atom is 0.231 e. The number of fused-ring (bicyclic) bond motifs is 1. The van der Waals surface area contributed by atoms with Crippen molar-refractivity contribution >= 4 is 41.3 Å². The molecule has 0 radical (unpaired) electrons. The Morgan fingerprint density at radius 1 is 1.17 bits per heavy atom. The molecule has 4 rings (SSSR count). The van der Waals surface area contributed by atoms with Gasteiger partial charge in [-0.1, -0.05) is 13.0 Å². The minimum Gasteiger partial charge on any atom is -0.454 e. The van der Waals surface area contributed by atoms with Gasteiger partial charge in [0.05, 0.1) is 0 Å². The minimum atomic E-state index is -0.0180. The van der Waals surface area contributed by atoms with Crippen LogP contribution >= 0.6 is 35.3 Å². The molecule has 1 fully saturated rings. The van der Waals surface area contributed by atoms with Gasteiger partial charge >= 0.3 is 0 Å². The smallest absolute Gasteiger partial charge is 0.231 e. The normalized spacial score (nSPS) is 18.4. The van der Waals surface area contributed by atoms with E-state index < -0.39 is 0 Å². The van der Waals surface area contributed by atoms with Crippen molar-refractivity contribution in [3.8, 4) is 11.5 Å². The number of benzene rings is 1. The van der Waals surface area contributed by atoms with Gasteiger partial charge in [-0.2, -0.15) is 11.3 Å². The van der Waals surface area contributed by atoms with Crippen LogP contribution in [0.15, 0.2) is 40.0 Å². The van der Waals surface area contributed by atoms with Crippen molar-refractivity contribution in [3.63, 3.8) is 0 Å². The largest absolute Gasteiger partial charge is 0.454 e. The van der Waals surface area contributed by atoms with Gasteiger partial charge in [-0.05, 0) is 58.8 Å². The number of nitrogens with one attached hydrogen (secondary N) is 2. The molecular weight excluding hydrogens is 513 g/mol. The second-order valence-corrected chi connectivity index (χ2v) is 8.51. The van der Waals surface area contributed by atoms with Gasteiger partial charge in [-0.25, -0.2) is 0 Å². The third-order valence-electron chi connectivity index (χ3n) is 5.94. The van der Waals surface area contributed by atoms with Crippen molar-refractivity contribution in [2.24, 2.45) is 4.99 Å². The maximum absolute atomic E-state index is 5.66.